The van der Waals surface area contributed by atoms with Gasteiger partial charge in [-0.3, -0.25) is 4.79 Å². The maximum atomic E-state index is 12.3. The highest BCUT2D eigenvalue weighted by Crippen LogP contribution is 2.23. The summed E-state index contributed by atoms with van der Waals surface area (Å²) in [6, 6.07) is 2.81. The number of aromatic hydroxyl groups is 2. The summed E-state index contributed by atoms with van der Waals surface area (Å²) in [6.45, 7) is -2.66. The van der Waals surface area contributed by atoms with Crippen molar-refractivity contribution in [2.75, 3.05) is 19.7 Å². The monoisotopic (exact) mass is 279 g/mol. The fourth-order valence-electron chi connectivity index (χ4n) is 1.49. The van der Waals surface area contributed by atoms with E-state index >= 15 is 0 Å². The Kier molecular flexibility index (Phi) is 4.60. The lowest BCUT2D eigenvalue weighted by Crippen LogP contribution is -2.40. The number of benzene rings is 1. The van der Waals surface area contributed by atoms with Gasteiger partial charge in [-0.25, -0.2) is 0 Å². The molecule has 0 fully saturated rings. The number of alkyl halides is 3. The average Bonchev–Trinajstić information content (AvgIpc) is 2.24. The topological polar surface area (TPSA) is 81.0 Å². The molecule has 0 heterocycles. The van der Waals surface area contributed by atoms with Gasteiger partial charge in [0, 0.05) is 18.2 Å². The molecule has 0 saturated heterocycles. The summed E-state index contributed by atoms with van der Waals surface area (Å²) in [4.78, 5) is 12.2. The van der Waals surface area contributed by atoms with Crippen molar-refractivity contribution in [3.63, 3.8) is 0 Å². The van der Waals surface area contributed by atoms with Crippen LogP contribution in [0.2, 0.25) is 0 Å². The van der Waals surface area contributed by atoms with E-state index in [0.29, 0.717) is 4.90 Å². The van der Waals surface area contributed by atoms with Gasteiger partial charge in [0.1, 0.15) is 18.0 Å². The molecule has 3 N–H and O–H groups in total. The normalized spacial score (nSPS) is 11.4. The van der Waals surface area contributed by atoms with Crippen LogP contribution >= 0.6 is 0 Å². The molecule has 19 heavy (non-hydrogen) atoms. The first-order valence-corrected chi connectivity index (χ1v) is 5.23. The van der Waals surface area contributed by atoms with E-state index in [-0.39, 0.29) is 5.56 Å². The Balaban J connectivity index is 2.98. The van der Waals surface area contributed by atoms with Gasteiger partial charge in [0.05, 0.1) is 6.61 Å². The molecule has 1 amide bonds. The molecule has 1 aromatic rings. The van der Waals surface area contributed by atoms with Crippen LogP contribution in [-0.2, 0) is 0 Å². The second kappa shape index (κ2) is 5.79. The van der Waals surface area contributed by atoms with Crippen LogP contribution in [-0.4, -0.2) is 52.0 Å². The van der Waals surface area contributed by atoms with Crippen molar-refractivity contribution < 1.29 is 33.3 Å². The van der Waals surface area contributed by atoms with Crippen molar-refractivity contribution >= 4 is 5.91 Å². The molecule has 0 aliphatic heterocycles. The highest BCUT2D eigenvalue weighted by Gasteiger charge is 2.33. The van der Waals surface area contributed by atoms with Crippen LogP contribution in [0.1, 0.15) is 10.4 Å². The van der Waals surface area contributed by atoms with Gasteiger partial charge in [-0.2, -0.15) is 13.2 Å². The van der Waals surface area contributed by atoms with E-state index in [9.17, 15) is 28.2 Å². The molecule has 0 bridgehead atoms. The minimum absolute atomic E-state index is 0.296. The van der Waals surface area contributed by atoms with Gasteiger partial charge >= 0.3 is 6.18 Å². The predicted molar refractivity (Wildman–Crippen MR) is 58.8 cm³/mol. The minimum atomic E-state index is -4.61. The zero-order valence-electron chi connectivity index (χ0n) is 9.68. The lowest BCUT2D eigenvalue weighted by Gasteiger charge is -2.23. The number of nitrogens with zero attached hydrogens (tertiary/aromatic N) is 1. The van der Waals surface area contributed by atoms with Crippen LogP contribution in [0.4, 0.5) is 13.2 Å². The molecule has 106 valence electrons. The molecule has 0 aliphatic carbocycles. The van der Waals surface area contributed by atoms with Crippen molar-refractivity contribution in [2.24, 2.45) is 0 Å². The van der Waals surface area contributed by atoms with Crippen molar-refractivity contribution in [3.8, 4) is 11.5 Å². The fourth-order valence-corrected chi connectivity index (χ4v) is 1.49. The third-order valence-corrected chi connectivity index (χ3v) is 2.18. The molecule has 1 aromatic carbocycles. The molecule has 0 aliphatic rings. The summed E-state index contributed by atoms with van der Waals surface area (Å²) < 4.78 is 36.9. The number of amides is 1. The molecule has 0 saturated carbocycles. The lowest BCUT2D eigenvalue weighted by atomic mass is 10.1. The number of aliphatic hydroxyl groups excluding tert-OH is 1. The zero-order valence-corrected chi connectivity index (χ0v) is 9.68. The van der Waals surface area contributed by atoms with E-state index < -0.39 is 43.3 Å². The first-order chi connectivity index (χ1) is 8.73. The SMILES string of the molecule is O=C(c1cc(O)cc(O)c1)N(CCO)CC(F)(F)F. The van der Waals surface area contributed by atoms with Gasteiger partial charge in [-0.05, 0) is 12.1 Å². The molecule has 0 radical (unpaired) electrons. The van der Waals surface area contributed by atoms with E-state index in [0.717, 1.165) is 18.2 Å². The van der Waals surface area contributed by atoms with Crippen LogP contribution in [0.3, 0.4) is 0 Å². The number of hydrogen-bond donors (Lipinski definition) is 3. The number of aliphatic hydroxyl groups is 1. The standard InChI is InChI=1S/C11H12F3NO4/c12-11(13,14)6-15(1-2-16)10(19)7-3-8(17)5-9(18)4-7/h3-5,16-18H,1-2,6H2. The molecule has 1 rings (SSSR count). The summed E-state index contributed by atoms with van der Waals surface area (Å²) in [6.07, 6.45) is -4.61. The smallest absolute Gasteiger partial charge is 0.406 e. The van der Waals surface area contributed by atoms with Gasteiger partial charge in [0.25, 0.3) is 5.91 Å². The van der Waals surface area contributed by atoms with Crippen molar-refractivity contribution in [2.45, 2.75) is 6.18 Å². The third-order valence-electron chi connectivity index (χ3n) is 2.18. The number of hydrogen-bond acceptors (Lipinski definition) is 4. The first-order valence-electron chi connectivity index (χ1n) is 5.23. The predicted octanol–water partition coefficient (Wildman–Crippen LogP) is 1.09. The zero-order chi connectivity index (χ0) is 14.6. The van der Waals surface area contributed by atoms with Gasteiger partial charge in [-0.1, -0.05) is 0 Å². The molecule has 8 heteroatoms. The number of phenolic OH excluding ortho intramolecular Hbond substituents is 2. The second-order valence-electron chi connectivity index (χ2n) is 3.80. The van der Waals surface area contributed by atoms with Gasteiger partial charge in [-0.15, -0.1) is 0 Å². The first kappa shape index (κ1) is 15.1. The number of carbonyl (C=O) groups excluding carboxylic acids is 1. The van der Waals surface area contributed by atoms with E-state index in [1.807, 2.05) is 0 Å². The lowest BCUT2D eigenvalue weighted by molar-refractivity contribution is -0.141. The Labute approximate surface area is 106 Å². The van der Waals surface area contributed by atoms with E-state index in [2.05, 4.69) is 0 Å². The fraction of sp³-hybridized carbons (Fsp3) is 0.364. The number of carbonyl (C=O) groups is 1. The van der Waals surface area contributed by atoms with Crippen LogP contribution in [0.15, 0.2) is 18.2 Å². The number of phenols is 2. The van der Waals surface area contributed by atoms with E-state index in [1.54, 1.807) is 0 Å². The molecule has 0 unspecified atom stereocenters. The average molecular weight is 279 g/mol. The molecular weight excluding hydrogens is 267 g/mol. The Morgan fingerprint density at radius 1 is 1.16 bits per heavy atom. The minimum Gasteiger partial charge on any atom is -0.508 e. The third kappa shape index (κ3) is 4.66. The molecule has 0 aromatic heterocycles. The van der Waals surface area contributed by atoms with E-state index in [4.69, 9.17) is 5.11 Å². The Hall–Kier alpha value is -1.96. The number of rotatable bonds is 4. The molecule has 0 atom stereocenters. The largest absolute Gasteiger partial charge is 0.508 e. The van der Waals surface area contributed by atoms with Gasteiger partial charge < -0.3 is 20.2 Å². The molecular formula is C11H12F3NO4. The highest BCUT2D eigenvalue weighted by atomic mass is 19.4. The Bertz CT molecular complexity index is 441. The summed E-state index contributed by atoms with van der Waals surface area (Å²) in [7, 11) is 0. The van der Waals surface area contributed by atoms with Crippen LogP contribution in [0.25, 0.3) is 0 Å². The van der Waals surface area contributed by atoms with Crippen LogP contribution in [0, 0.1) is 0 Å². The summed E-state index contributed by atoms with van der Waals surface area (Å²) >= 11 is 0. The van der Waals surface area contributed by atoms with Crippen molar-refractivity contribution in [1.29, 1.82) is 0 Å². The van der Waals surface area contributed by atoms with Gasteiger partial charge in [0.2, 0.25) is 0 Å². The summed E-state index contributed by atoms with van der Waals surface area (Å²) in [5.41, 5.74) is -0.296. The van der Waals surface area contributed by atoms with Crippen molar-refractivity contribution in [1.82, 2.24) is 4.90 Å². The Morgan fingerprint density at radius 2 is 1.68 bits per heavy atom. The maximum Gasteiger partial charge on any atom is 0.406 e. The quantitative estimate of drug-likeness (QED) is 0.770. The summed E-state index contributed by atoms with van der Waals surface area (Å²) in [5.74, 6) is -1.93. The second-order valence-corrected chi connectivity index (χ2v) is 3.80. The van der Waals surface area contributed by atoms with Crippen LogP contribution in [0.5, 0.6) is 11.5 Å². The van der Waals surface area contributed by atoms with Crippen LogP contribution < -0.4 is 0 Å². The highest BCUT2D eigenvalue weighted by molar-refractivity contribution is 5.95. The van der Waals surface area contributed by atoms with Gasteiger partial charge in [0.15, 0.2) is 0 Å². The summed E-state index contributed by atoms with van der Waals surface area (Å²) in [5, 5.41) is 27.0. The maximum absolute atomic E-state index is 12.3. The Morgan fingerprint density at radius 3 is 2.11 bits per heavy atom. The van der Waals surface area contributed by atoms with Crippen molar-refractivity contribution in [3.05, 3.63) is 23.8 Å². The molecule has 0 spiro atoms. The molecule has 5 nitrogen and oxygen atoms in total. The number of halogens is 3. The van der Waals surface area contributed by atoms with E-state index in [1.165, 1.54) is 0 Å².